The van der Waals surface area contributed by atoms with Gasteiger partial charge in [-0.2, -0.15) is 13.2 Å². The fourth-order valence-corrected chi connectivity index (χ4v) is 7.30. The number of carbonyl (C=O) groups excluding carboxylic acids is 1. The van der Waals surface area contributed by atoms with E-state index in [1.807, 2.05) is 43.3 Å². The average molecular weight is 638 g/mol. The largest absolute Gasteiger partial charge is 0.416 e. The molecule has 0 radical (unpaired) electrons. The van der Waals surface area contributed by atoms with Crippen molar-refractivity contribution in [2.45, 2.75) is 62.2 Å². The Labute approximate surface area is 259 Å². The summed E-state index contributed by atoms with van der Waals surface area (Å²) in [5.74, 6) is -1.34. The predicted octanol–water partition coefficient (Wildman–Crippen LogP) is 7.24. The minimum Gasteiger partial charge on any atom is -0.306 e. The summed E-state index contributed by atoms with van der Waals surface area (Å²) < 4.78 is 81.9. The molecule has 0 bridgehead atoms. The third-order valence-corrected chi connectivity index (χ3v) is 9.97. The number of alkyl halides is 3. The molecule has 234 valence electrons. The molecule has 0 unspecified atom stereocenters. The van der Waals surface area contributed by atoms with Crippen molar-refractivity contribution in [3.63, 3.8) is 0 Å². The summed E-state index contributed by atoms with van der Waals surface area (Å²) in [6, 6.07) is 20.2. The molecule has 1 fully saturated rings. The number of fused-ring (bicyclic) bond motifs is 1. The Bertz CT molecular complexity index is 1830. The first kappa shape index (κ1) is 30.9. The molecule has 1 amide bonds. The number of anilines is 1. The Kier molecular flexibility index (Phi) is 8.26. The van der Waals surface area contributed by atoms with E-state index in [2.05, 4.69) is 9.71 Å². The topological polar surface area (TPSA) is 79.4 Å². The number of aryl methyl sites for hydroxylation is 2. The molecule has 1 heterocycles. The van der Waals surface area contributed by atoms with Crippen LogP contribution in [-0.4, -0.2) is 19.3 Å². The summed E-state index contributed by atoms with van der Waals surface area (Å²) in [7, 11) is -3.95. The summed E-state index contributed by atoms with van der Waals surface area (Å²) in [4.78, 5) is 20.2. The first-order valence-corrected chi connectivity index (χ1v) is 16.2. The maximum Gasteiger partial charge on any atom is 0.416 e. The van der Waals surface area contributed by atoms with Crippen LogP contribution in [0.3, 0.4) is 0 Å². The van der Waals surface area contributed by atoms with Crippen molar-refractivity contribution in [1.82, 2.24) is 9.71 Å². The lowest BCUT2D eigenvalue weighted by Crippen LogP contribution is -2.34. The second-order valence-electron chi connectivity index (χ2n) is 11.7. The number of carbonyl (C=O) groups is 1. The minimum absolute atomic E-state index is 0.0439. The lowest BCUT2D eigenvalue weighted by molar-refractivity contribution is -0.137. The molecule has 2 aliphatic rings. The first-order valence-electron chi connectivity index (χ1n) is 14.7. The molecule has 3 atom stereocenters. The van der Waals surface area contributed by atoms with Crippen molar-refractivity contribution in [2.24, 2.45) is 5.92 Å². The van der Waals surface area contributed by atoms with Crippen LogP contribution in [-0.2, 0) is 34.0 Å². The Morgan fingerprint density at radius 3 is 2.42 bits per heavy atom. The van der Waals surface area contributed by atoms with Crippen LogP contribution in [0.1, 0.15) is 64.9 Å². The van der Waals surface area contributed by atoms with Gasteiger partial charge in [0, 0.05) is 23.3 Å². The van der Waals surface area contributed by atoms with E-state index in [-0.39, 0.29) is 23.3 Å². The van der Waals surface area contributed by atoms with Gasteiger partial charge in [-0.25, -0.2) is 17.5 Å². The molecule has 45 heavy (non-hydrogen) atoms. The third-order valence-electron chi connectivity index (χ3n) is 8.48. The van der Waals surface area contributed by atoms with E-state index in [0.717, 1.165) is 53.9 Å². The SMILES string of the molecule is Cc1cccc(CN(C(=O)[C@@H]2C[C@@H]2c2ccc(C(F)(F)F)cc2)c2ccc3c(c2)[C@@H](NS(=O)(=O)c2ccc(F)cc2)CCC3)n1. The monoisotopic (exact) mass is 637 g/mol. The van der Waals surface area contributed by atoms with Crippen LogP contribution in [0, 0.1) is 18.7 Å². The standard InChI is InChI=1S/C34H31F4N3O3S/c1-21-4-2-6-26(39-21)20-41(33(42)31-19-29(31)23-8-11-24(12-9-23)34(36,37)38)27-15-10-22-5-3-7-32(30(22)18-27)40-45(43,44)28-16-13-25(35)14-17-28/h2,4,6,8-18,29,31-32,40H,3,5,7,19-20H2,1H3/t29-,31-,32+/m1/s1. The van der Waals surface area contributed by atoms with Crippen LogP contribution in [0.4, 0.5) is 23.2 Å². The number of aromatic nitrogens is 1. The van der Waals surface area contributed by atoms with Crippen LogP contribution in [0.15, 0.2) is 89.8 Å². The van der Waals surface area contributed by atoms with Gasteiger partial charge in [0.05, 0.1) is 22.7 Å². The van der Waals surface area contributed by atoms with Gasteiger partial charge in [-0.1, -0.05) is 24.3 Å². The molecule has 0 saturated heterocycles. The number of sulfonamides is 1. The normalized spacial score (nSPS) is 19.5. The molecular weight excluding hydrogens is 606 g/mol. The maximum absolute atomic E-state index is 14.1. The molecule has 3 aromatic carbocycles. The quantitative estimate of drug-likeness (QED) is 0.207. The fourth-order valence-electron chi connectivity index (χ4n) is 6.05. The van der Waals surface area contributed by atoms with E-state index in [1.54, 1.807) is 4.90 Å². The van der Waals surface area contributed by atoms with Gasteiger partial charge in [0.25, 0.3) is 0 Å². The van der Waals surface area contributed by atoms with Gasteiger partial charge in [0.1, 0.15) is 5.82 Å². The number of pyridine rings is 1. The zero-order chi connectivity index (χ0) is 31.9. The van der Waals surface area contributed by atoms with Crippen LogP contribution in [0.5, 0.6) is 0 Å². The van der Waals surface area contributed by atoms with E-state index in [4.69, 9.17) is 0 Å². The lowest BCUT2D eigenvalue weighted by atomic mass is 9.87. The molecule has 1 aromatic heterocycles. The third kappa shape index (κ3) is 6.79. The van der Waals surface area contributed by atoms with E-state index in [1.165, 1.54) is 24.3 Å². The van der Waals surface area contributed by atoms with Crippen LogP contribution in [0.25, 0.3) is 0 Å². The average Bonchev–Trinajstić information content (AvgIpc) is 3.81. The fraction of sp³-hybridized carbons (Fsp3) is 0.294. The Morgan fingerprint density at radius 2 is 1.73 bits per heavy atom. The second-order valence-corrected chi connectivity index (χ2v) is 13.4. The van der Waals surface area contributed by atoms with Gasteiger partial charge < -0.3 is 4.90 Å². The molecule has 0 aliphatic heterocycles. The van der Waals surface area contributed by atoms with Crippen molar-refractivity contribution in [3.8, 4) is 0 Å². The number of nitrogens with zero attached hydrogens (tertiary/aromatic N) is 2. The van der Waals surface area contributed by atoms with Crippen molar-refractivity contribution < 1.29 is 30.8 Å². The molecule has 1 saturated carbocycles. The van der Waals surface area contributed by atoms with Crippen LogP contribution in [0.2, 0.25) is 0 Å². The van der Waals surface area contributed by atoms with E-state index in [0.29, 0.717) is 29.8 Å². The van der Waals surface area contributed by atoms with Crippen LogP contribution < -0.4 is 9.62 Å². The number of hydrogen-bond donors (Lipinski definition) is 1. The van der Waals surface area contributed by atoms with Crippen molar-refractivity contribution in [1.29, 1.82) is 0 Å². The van der Waals surface area contributed by atoms with Gasteiger partial charge in [-0.15, -0.1) is 0 Å². The van der Waals surface area contributed by atoms with E-state index in [9.17, 15) is 30.8 Å². The van der Waals surface area contributed by atoms with Gasteiger partial charge in [0.15, 0.2) is 0 Å². The van der Waals surface area contributed by atoms with Crippen molar-refractivity contribution >= 4 is 21.6 Å². The van der Waals surface area contributed by atoms with Crippen molar-refractivity contribution in [3.05, 3.63) is 124 Å². The molecule has 11 heteroatoms. The Hall–Kier alpha value is -4.09. The molecule has 0 spiro atoms. The van der Waals surface area contributed by atoms with Gasteiger partial charge in [-0.3, -0.25) is 9.78 Å². The van der Waals surface area contributed by atoms with E-state index >= 15 is 0 Å². The molecular formula is C34H31F4N3O3S. The smallest absolute Gasteiger partial charge is 0.306 e. The highest BCUT2D eigenvalue weighted by Gasteiger charge is 2.46. The van der Waals surface area contributed by atoms with Crippen molar-refractivity contribution in [2.75, 3.05) is 4.90 Å². The predicted molar refractivity (Wildman–Crippen MR) is 161 cm³/mol. The number of benzene rings is 3. The summed E-state index contributed by atoms with van der Waals surface area (Å²) in [6.07, 6.45) is -1.88. The molecule has 4 aromatic rings. The molecule has 2 aliphatic carbocycles. The number of nitrogens with one attached hydrogen (secondary N) is 1. The number of amides is 1. The van der Waals surface area contributed by atoms with Gasteiger partial charge in [0.2, 0.25) is 15.9 Å². The zero-order valence-electron chi connectivity index (χ0n) is 24.4. The van der Waals surface area contributed by atoms with Gasteiger partial charge >= 0.3 is 6.18 Å². The number of hydrogen-bond acceptors (Lipinski definition) is 4. The maximum atomic E-state index is 14.1. The summed E-state index contributed by atoms with van der Waals surface area (Å²) >= 11 is 0. The molecule has 6 nitrogen and oxygen atoms in total. The molecule has 1 N–H and O–H groups in total. The van der Waals surface area contributed by atoms with Gasteiger partial charge in [-0.05, 0) is 116 Å². The second kappa shape index (κ2) is 12.0. The summed E-state index contributed by atoms with van der Waals surface area (Å²) in [5, 5.41) is 0. The lowest BCUT2D eigenvalue weighted by Gasteiger charge is -2.29. The summed E-state index contributed by atoms with van der Waals surface area (Å²) in [5.41, 5.74) is 3.70. The highest BCUT2D eigenvalue weighted by atomic mass is 32.2. The highest BCUT2D eigenvalue weighted by molar-refractivity contribution is 7.89. The van der Waals surface area contributed by atoms with Crippen LogP contribution >= 0.6 is 0 Å². The Balaban J connectivity index is 1.30. The Morgan fingerprint density at radius 1 is 1.00 bits per heavy atom. The summed E-state index contributed by atoms with van der Waals surface area (Å²) in [6.45, 7) is 2.02. The minimum atomic E-state index is -4.44. The first-order chi connectivity index (χ1) is 21.4. The van der Waals surface area contributed by atoms with E-state index < -0.39 is 39.5 Å². The number of halogens is 4. The zero-order valence-corrected chi connectivity index (χ0v) is 25.2. The highest BCUT2D eigenvalue weighted by Crippen LogP contribution is 2.49. The molecule has 6 rings (SSSR count). The number of rotatable bonds is 8.